The Labute approximate surface area is 85.8 Å². The van der Waals surface area contributed by atoms with Crippen LogP contribution in [0.25, 0.3) is 0 Å². The highest BCUT2D eigenvalue weighted by atomic mass is 19.3. The standard InChI is InChI=1S/C10H12F3NO/c1-15-8-3-2-7(9(11)4-8)5-10(12,13)6-14/h2-4H,5-6,14H2,1H3. The summed E-state index contributed by atoms with van der Waals surface area (Å²) >= 11 is 0. The first-order valence-corrected chi connectivity index (χ1v) is 4.39. The van der Waals surface area contributed by atoms with E-state index in [4.69, 9.17) is 10.5 Å². The maximum Gasteiger partial charge on any atom is 0.264 e. The predicted molar refractivity (Wildman–Crippen MR) is 50.7 cm³/mol. The van der Waals surface area contributed by atoms with Gasteiger partial charge in [0.1, 0.15) is 11.6 Å². The molecule has 15 heavy (non-hydrogen) atoms. The summed E-state index contributed by atoms with van der Waals surface area (Å²) in [6, 6.07) is 3.78. The molecule has 0 bridgehead atoms. The SMILES string of the molecule is COc1ccc(CC(F)(F)CN)c(F)c1. The average Bonchev–Trinajstić information content (AvgIpc) is 2.21. The van der Waals surface area contributed by atoms with Gasteiger partial charge >= 0.3 is 0 Å². The molecule has 0 amide bonds. The minimum atomic E-state index is -3.07. The Kier molecular flexibility index (Phi) is 3.57. The maximum atomic E-state index is 13.2. The van der Waals surface area contributed by atoms with Crippen molar-refractivity contribution in [2.45, 2.75) is 12.3 Å². The molecule has 5 heteroatoms. The second kappa shape index (κ2) is 4.53. The molecule has 0 aliphatic carbocycles. The molecule has 2 nitrogen and oxygen atoms in total. The highest BCUT2D eigenvalue weighted by Gasteiger charge is 2.28. The van der Waals surface area contributed by atoms with E-state index in [2.05, 4.69) is 0 Å². The lowest BCUT2D eigenvalue weighted by atomic mass is 10.1. The smallest absolute Gasteiger partial charge is 0.264 e. The van der Waals surface area contributed by atoms with Gasteiger partial charge < -0.3 is 10.5 Å². The second-order valence-corrected chi connectivity index (χ2v) is 3.19. The number of hydrogen-bond acceptors (Lipinski definition) is 2. The fourth-order valence-electron chi connectivity index (χ4n) is 1.15. The van der Waals surface area contributed by atoms with Gasteiger partial charge in [0.15, 0.2) is 0 Å². The Morgan fingerprint density at radius 3 is 2.53 bits per heavy atom. The molecule has 0 heterocycles. The molecule has 0 saturated carbocycles. The van der Waals surface area contributed by atoms with Crippen molar-refractivity contribution in [2.24, 2.45) is 5.73 Å². The number of ether oxygens (including phenoxy) is 1. The summed E-state index contributed by atoms with van der Waals surface area (Å²) in [5, 5.41) is 0. The highest BCUT2D eigenvalue weighted by molar-refractivity contribution is 5.29. The number of alkyl halides is 2. The predicted octanol–water partition coefficient (Wildman–Crippen LogP) is 1.97. The quantitative estimate of drug-likeness (QED) is 0.840. The third kappa shape index (κ3) is 3.13. The Morgan fingerprint density at radius 2 is 2.07 bits per heavy atom. The first-order valence-electron chi connectivity index (χ1n) is 4.39. The fraction of sp³-hybridized carbons (Fsp3) is 0.400. The van der Waals surface area contributed by atoms with E-state index in [9.17, 15) is 13.2 Å². The van der Waals surface area contributed by atoms with Crippen molar-refractivity contribution >= 4 is 0 Å². The Bertz CT molecular complexity index is 341. The molecule has 0 atom stereocenters. The van der Waals surface area contributed by atoms with E-state index < -0.39 is 24.7 Å². The second-order valence-electron chi connectivity index (χ2n) is 3.19. The molecule has 0 aliphatic rings. The van der Waals surface area contributed by atoms with Crippen LogP contribution in [0.5, 0.6) is 5.75 Å². The first kappa shape index (κ1) is 11.8. The molecule has 2 N–H and O–H groups in total. The van der Waals surface area contributed by atoms with Gasteiger partial charge in [-0.1, -0.05) is 6.07 Å². The third-order valence-electron chi connectivity index (χ3n) is 2.01. The van der Waals surface area contributed by atoms with Gasteiger partial charge in [-0.15, -0.1) is 0 Å². The number of nitrogens with two attached hydrogens (primary N) is 1. The lowest BCUT2D eigenvalue weighted by Crippen LogP contribution is -2.30. The van der Waals surface area contributed by atoms with Crippen LogP contribution in [-0.2, 0) is 6.42 Å². The average molecular weight is 219 g/mol. The summed E-state index contributed by atoms with van der Waals surface area (Å²) in [6.07, 6.45) is -0.695. The molecule has 0 spiro atoms. The minimum Gasteiger partial charge on any atom is -0.497 e. The summed E-state index contributed by atoms with van der Waals surface area (Å²) in [7, 11) is 1.38. The number of hydrogen-bond donors (Lipinski definition) is 1. The van der Waals surface area contributed by atoms with Crippen molar-refractivity contribution in [3.63, 3.8) is 0 Å². The summed E-state index contributed by atoms with van der Waals surface area (Å²) in [6.45, 7) is -0.793. The number of methoxy groups -OCH3 is 1. The molecule has 0 aliphatic heterocycles. The summed E-state index contributed by atoms with van der Waals surface area (Å²) < 4.78 is 43.8. The van der Waals surface area contributed by atoms with Crippen LogP contribution in [0, 0.1) is 5.82 Å². The third-order valence-corrected chi connectivity index (χ3v) is 2.01. The summed E-state index contributed by atoms with van der Waals surface area (Å²) in [5.41, 5.74) is 4.80. The number of halogens is 3. The molecule has 0 fully saturated rings. The van der Waals surface area contributed by atoms with Gasteiger partial charge in [-0.05, 0) is 11.6 Å². The zero-order valence-electron chi connectivity index (χ0n) is 8.27. The Balaban J connectivity index is 2.87. The van der Waals surface area contributed by atoms with Crippen molar-refractivity contribution < 1.29 is 17.9 Å². The van der Waals surface area contributed by atoms with Crippen LogP contribution in [0.1, 0.15) is 5.56 Å². The van der Waals surface area contributed by atoms with E-state index in [1.807, 2.05) is 0 Å². The molecular weight excluding hydrogens is 207 g/mol. The van der Waals surface area contributed by atoms with Gasteiger partial charge in [0.05, 0.1) is 13.7 Å². The first-order chi connectivity index (χ1) is 6.98. The molecule has 0 unspecified atom stereocenters. The van der Waals surface area contributed by atoms with Gasteiger partial charge in [0, 0.05) is 12.5 Å². The number of rotatable bonds is 4. The van der Waals surface area contributed by atoms with Crippen molar-refractivity contribution in [3.8, 4) is 5.75 Å². The number of benzene rings is 1. The van der Waals surface area contributed by atoms with Gasteiger partial charge in [-0.25, -0.2) is 13.2 Å². The highest BCUT2D eigenvalue weighted by Crippen LogP contribution is 2.23. The normalized spacial score (nSPS) is 11.5. The van der Waals surface area contributed by atoms with Crippen molar-refractivity contribution in [2.75, 3.05) is 13.7 Å². The Morgan fingerprint density at radius 1 is 1.40 bits per heavy atom. The van der Waals surface area contributed by atoms with E-state index in [1.54, 1.807) is 0 Å². The molecule has 1 aromatic rings. The van der Waals surface area contributed by atoms with Crippen LogP contribution in [0.15, 0.2) is 18.2 Å². The van der Waals surface area contributed by atoms with E-state index in [1.165, 1.54) is 19.2 Å². The molecule has 1 rings (SSSR count). The summed E-state index contributed by atoms with van der Waals surface area (Å²) in [4.78, 5) is 0. The van der Waals surface area contributed by atoms with Gasteiger partial charge in [0.2, 0.25) is 0 Å². The molecule has 0 saturated heterocycles. The molecule has 84 valence electrons. The van der Waals surface area contributed by atoms with Crippen LogP contribution < -0.4 is 10.5 Å². The fourth-order valence-corrected chi connectivity index (χ4v) is 1.15. The summed E-state index contributed by atoms with van der Waals surface area (Å²) in [5.74, 6) is -3.48. The molecule has 0 aromatic heterocycles. The zero-order valence-corrected chi connectivity index (χ0v) is 8.27. The zero-order chi connectivity index (χ0) is 11.5. The Hall–Kier alpha value is -1.23. The largest absolute Gasteiger partial charge is 0.497 e. The molecule has 1 aromatic carbocycles. The molecular formula is C10H12F3NO. The van der Waals surface area contributed by atoms with Crippen molar-refractivity contribution in [3.05, 3.63) is 29.6 Å². The lowest BCUT2D eigenvalue weighted by Gasteiger charge is -2.14. The van der Waals surface area contributed by atoms with Crippen LogP contribution in [0.3, 0.4) is 0 Å². The van der Waals surface area contributed by atoms with Crippen LogP contribution in [0.2, 0.25) is 0 Å². The van der Waals surface area contributed by atoms with Crippen LogP contribution in [0.4, 0.5) is 13.2 Å². The van der Waals surface area contributed by atoms with Gasteiger partial charge in [-0.3, -0.25) is 0 Å². The van der Waals surface area contributed by atoms with Gasteiger partial charge in [0.25, 0.3) is 5.92 Å². The van der Waals surface area contributed by atoms with Crippen LogP contribution in [-0.4, -0.2) is 19.6 Å². The lowest BCUT2D eigenvalue weighted by molar-refractivity contribution is 0.0107. The van der Waals surface area contributed by atoms with E-state index in [0.29, 0.717) is 5.75 Å². The topological polar surface area (TPSA) is 35.2 Å². The minimum absolute atomic E-state index is 0.0637. The molecule has 0 radical (unpaired) electrons. The van der Waals surface area contributed by atoms with Crippen molar-refractivity contribution in [1.82, 2.24) is 0 Å². The van der Waals surface area contributed by atoms with Crippen molar-refractivity contribution in [1.29, 1.82) is 0 Å². The van der Waals surface area contributed by atoms with E-state index in [0.717, 1.165) is 6.07 Å². The van der Waals surface area contributed by atoms with E-state index >= 15 is 0 Å². The van der Waals surface area contributed by atoms with E-state index in [-0.39, 0.29) is 5.56 Å². The maximum absolute atomic E-state index is 13.2. The van der Waals surface area contributed by atoms with Gasteiger partial charge in [-0.2, -0.15) is 0 Å². The monoisotopic (exact) mass is 219 g/mol. The van der Waals surface area contributed by atoms with Crippen LogP contribution >= 0.6 is 0 Å².